The van der Waals surface area contributed by atoms with Gasteiger partial charge in [-0.25, -0.2) is 0 Å². The van der Waals surface area contributed by atoms with Crippen LogP contribution in [-0.4, -0.2) is 16.3 Å². The van der Waals surface area contributed by atoms with E-state index in [1.807, 2.05) is 30.5 Å². The van der Waals surface area contributed by atoms with Crippen molar-refractivity contribution in [1.82, 2.24) is 9.97 Å². The second-order valence-corrected chi connectivity index (χ2v) is 3.90. The van der Waals surface area contributed by atoms with E-state index in [9.17, 15) is 4.79 Å². The van der Waals surface area contributed by atoms with Crippen LogP contribution in [-0.2, 0) is 0 Å². The number of para-hydroxylation sites is 1. The van der Waals surface area contributed by atoms with E-state index in [4.69, 9.17) is 5.73 Å². The summed E-state index contributed by atoms with van der Waals surface area (Å²) in [6.07, 6.45) is 4.30. The number of nitrogens with two attached hydrogens (primary N) is 1. The van der Waals surface area contributed by atoms with Crippen LogP contribution in [0.5, 0.6) is 0 Å². The maximum absolute atomic E-state index is 11.0. The van der Waals surface area contributed by atoms with E-state index >= 15 is 0 Å². The van der Waals surface area contributed by atoms with Gasteiger partial charge >= 0.3 is 0 Å². The summed E-state index contributed by atoms with van der Waals surface area (Å²) in [6.45, 7) is 0. The van der Waals surface area contributed by atoms with E-state index in [0.717, 1.165) is 28.3 Å². The summed E-state index contributed by atoms with van der Waals surface area (Å²) < 4.78 is 0. The average molecular weight is 225 g/mol. The third kappa shape index (κ3) is 1.34. The highest BCUT2D eigenvalue weighted by Crippen LogP contribution is 2.34. The summed E-state index contributed by atoms with van der Waals surface area (Å²) in [7, 11) is 0. The van der Waals surface area contributed by atoms with E-state index in [1.165, 1.54) is 0 Å². The second kappa shape index (κ2) is 3.52. The maximum Gasteiger partial charge on any atom is 0.166 e. The molecule has 1 aromatic carbocycles. The Morgan fingerprint density at radius 2 is 1.94 bits per heavy atom. The van der Waals surface area contributed by atoms with Gasteiger partial charge in [0.15, 0.2) is 6.29 Å². The first-order chi connectivity index (χ1) is 8.31. The number of aromatic amines is 2. The number of nitrogen functional groups attached to an aromatic ring is 1. The zero-order valence-electron chi connectivity index (χ0n) is 9.03. The average Bonchev–Trinajstić information content (AvgIpc) is 2.92. The summed E-state index contributed by atoms with van der Waals surface area (Å²) in [5, 5.41) is 1.06. The highest BCUT2D eigenvalue weighted by atomic mass is 16.1. The number of aromatic nitrogens is 2. The van der Waals surface area contributed by atoms with Crippen LogP contribution in [0.3, 0.4) is 0 Å². The monoisotopic (exact) mass is 225 g/mol. The standard InChI is InChI=1S/C13H11N3O/c14-10-6-16-12(7-17)13(10)9-5-15-11-4-2-1-3-8(9)11/h1-7,15-16H,14H2. The van der Waals surface area contributed by atoms with Gasteiger partial charge in [0.25, 0.3) is 0 Å². The van der Waals surface area contributed by atoms with E-state index in [2.05, 4.69) is 9.97 Å². The number of aldehydes is 1. The van der Waals surface area contributed by atoms with Gasteiger partial charge in [0.2, 0.25) is 0 Å². The van der Waals surface area contributed by atoms with Gasteiger partial charge in [0.05, 0.1) is 11.4 Å². The van der Waals surface area contributed by atoms with Gasteiger partial charge in [-0.2, -0.15) is 0 Å². The Morgan fingerprint density at radius 3 is 2.76 bits per heavy atom. The molecule has 0 aliphatic carbocycles. The summed E-state index contributed by atoms with van der Waals surface area (Å²) in [5.41, 5.74) is 9.72. The molecule has 0 aliphatic rings. The number of carbonyl (C=O) groups is 1. The molecule has 3 rings (SSSR count). The molecule has 4 N–H and O–H groups in total. The molecule has 17 heavy (non-hydrogen) atoms. The first-order valence-electron chi connectivity index (χ1n) is 5.30. The van der Waals surface area contributed by atoms with Crippen LogP contribution in [0.25, 0.3) is 22.0 Å². The zero-order valence-corrected chi connectivity index (χ0v) is 9.03. The predicted molar refractivity (Wildman–Crippen MR) is 67.9 cm³/mol. The highest BCUT2D eigenvalue weighted by Gasteiger charge is 2.14. The first kappa shape index (κ1) is 9.72. The summed E-state index contributed by atoms with van der Waals surface area (Å²) in [5.74, 6) is 0. The fraction of sp³-hybridized carbons (Fsp3) is 0. The quantitative estimate of drug-likeness (QED) is 0.586. The third-order valence-electron chi connectivity index (χ3n) is 2.92. The first-order valence-corrected chi connectivity index (χ1v) is 5.30. The summed E-state index contributed by atoms with van der Waals surface area (Å²) in [6, 6.07) is 7.91. The van der Waals surface area contributed by atoms with Crippen LogP contribution >= 0.6 is 0 Å². The number of rotatable bonds is 2. The van der Waals surface area contributed by atoms with Crippen molar-refractivity contribution in [2.45, 2.75) is 0 Å². The Hall–Kier alpha value is -2.49. The molecule has 84 valence electrons. The molecule has 0 radical (unpaired) electrons. The molecular weight excluding hydrogens is 214 g/mol. The Bertz CT molecular complexity index is 694. The Kier molecular flexibility index (Phi) is 2.01. The molecule has 2 heterocycles. The number of hydrogen-bond donors (Lipinski definition) is 3. The lowest BCUT2D eigenvalue weighted by Gasteiger charge is -1.99. The topological polar surface area (TPSA) is 74.7 Å². The maximum atomic E-state index is 11.0. The minimum absolute atomic E-state index is 0.507. The molecule has 4 heteroatoms. The zero-order chi connectivity index (χ0) is 11.8. The molecular formula is C13H11N3O. The molecule has 2 aromatic heterocycles. The summed E-state index contributed by atoms with van der Waals surface area (Å²) in [4.78, 5) is 17.0. The van der Waals surface area contributed by atoms with Crippen molar-refractivity contribution in [2.24, 2.45) is 0 Å². The SMILES string of the molecule is Nc1c[nH]c(C=O)c1-c1c[nH]c2ccccc12. The minimum Gasteiger partial charge on any atom is -0.397 e. The summed E-state index contributed by atoms with van der Waals surface area (Å²) >= 11 is 0. The fourth-order valence-corrected chi connectivity index (χ4v) is 2.13. The van der Waals surface area contributed by atoms with Crippen molar-refractivity contribution in [3.05, 3.63) is 42.4 Å². The molecule has 0 bridgehead atoms. The largest absolute Gasteiger partial charge is 0.397 e. The van der Waals surface area contributed by atoms with Crippen LogP contribution in [0.2, 0.25) is 0 Å². The lowest BCUT2D eigenvalue weighted by atomic mass is 10.0. The molecule has 0 spiro atoms. The molecule has 0 amide bonds. The highest BCUT2D eigenvalue weighted by molar-refractivity contribution is 6.03. The number of carbonyl (C=O) groups excluding carboxylic acids is 1. The Morgan fingerprint density at radius 1 is 1.12 bits per heavy atom. The van der Waals surface area contributed by atoms with E-state index in [1.54, 1.807) is 6.20 Å². The van der Waals surface area contributed by atoms with Crippen molar-refractivity contribution in [1.29, 1.82) is 0 Å². The number of nitrogens with one attached hydrogen (secondary N) is 2. The number of H-pyrrole nitrogens is 2. The number of benzene rings is 1. The van der Waals surface area contributed by atoms with E-state index < -0.39 is 0 Å². The normalized spacial score (nSPS) is 10.8. The van der Waals surface area contributed by atoms with Gasteiger partial charge in [-0.1, -0.05) is 18.2 Å². The molecule has 0 fully saturated rings. The lowest BCUT2D eigenvalue weighted by Crippen LogP contribution is -1.88. The Balaban J connectivity index is 2.34. The molecule has 3 aromatic rings. The van der Waals surface area contributed by atoms with Gasteiger partial charge in [-0.05, 0) is 6.07 Å². The van der Waals surface area contributed by atoms with Crippen molar-refractivity contribution in [2.75, 3.05) is 5.73 Å². The van der Waals surface area contributed by atoms with Crippen LogP contribution in [0, 0.1) is 0 Å². The van der Waals surface area contributed by atoms with Crippen molar-refractivity contribution < 1.29 is 4.79 Å². The van der Waals surface area contributed by atoms with Crippen LogP contribution in [0.15, 0.2) is 36.7 Å². The number of fused-ring (bicyclic) bond motifs is 1. The van der Waals surface area contributed by atoms with Crippen molar-refractivity contribution in [3.8, 4) is 11.1 Å². The third-order valence-corrected chi connectivity index (χ3v) is 2.92. The van der Waals surface area contributed by atoms with Gasteiger partial charge in [-0.3, -0.25) is 4.79 Å². The van der Waals surface area contributed by atoms with Crippen LogP contribution in [0.1, 0.15) is 10.5 Å². The lowest BCUT2D eigenvalue weighted by molar-refractivity contribution is 0.112. The number of anilines is 1. The van der Waals surface area contributed by atoms with Gasteiger partial charge in [-0.15, -0.1) is 0 Å². The predicted octanol–water partition coefficient (Wildman–Crippen LogP) is 2.56. The number of hydrogen-bond acceptors (Lipinski definition) is 2. The molecule has 4 nitrogen and oxygen atoms in total. The molecule has 0 atom stereocenters. The van der Waals surface area contributed by atoms with Crippen molar-refractivity contribution in [3.63, 3.8) is 0 Å². The Labute approximate surface area is 97.5 Å². The van der Waals surface area contributed by atoms with E-state index in [0.29, 0.717) is 11.4 Å². The van der Waals surface area contributed by atoms with Gasteiger partial charge in [0.1, 0.15) is 0 Å². The molecule has 0 aliphatic heterocycles. The fourth-order valence-electron chi connectivity index (χ4n) is 2.13. The minimum atomic E-state index is 0.507. The smallest absolute Gasteiger partial charge is 0.166 e. The molecule has 0 unspecified atom stereocenters. The van der Waals surface area contributed by atoms with E-state index in [-0.39, 0.29) is 0 Å². The van der Waals surface area contributed by atoms with Crippen LogP contribution < -0.4 is 5.73 Å². The van der Waals surface area contributed by atoms with Gasteiger partial charge in [0, 0.05) is 34.4 Å². The molecule has 0 saturated carbocycles. The van der Waals surface area contributed by atoms with Crippen molar-refractivity contribution >= 4 is 22.9 Å². The molecule has 0 saturated heterocycles. The van der Waals surface area contributed by atoms with Gasteiger partial charge < -0.3 is 15.7 Å². The second-order valence-electron chi connectivity index (χ2n) is 3.90. The van der Waals surface area contributed by atoms with Crippen LogP contribution in [0.4, 0.5) is 5.69 Å².